The molecule has 3 fully saturated rings. The SMILES string of the molecule is CC(=O)S[C@@H]1[C@H]2OC(C)(C)O[C@H]2O[C@@H]1[C@H]1COC(C)(C)O1. The first-order chi connectivity index (χ1) is 9.67. The van der Waals surface area contributed by atoms with E-state index in [1.807, 2.05) is 27.7 Å². The molecule has 0 radical (unpaired) electrons. The summed E-state index contributed by atoms with van der Waals surface area (Å²) in [4.78, 5) is 11.6. The van der Waals surface area contributed by atoms with E-state index >= 15 is 0 Å². The molecular formula is C14H22O6S. The summed E-state index contributed by atoms with van der Waals surface area (Å²) in [7, 11) is 0. The van der Waals surface area contributed by atoms with Gasteiger partial charge in [0.1, 0.15) is 18.3 Å². The highest BCUT2D eigenvalue weighted by molar-refractivity contribution is 8.14. The first-order valence-corrected chi connectivity index (χ1v) is 8.05. The van der Waals surface area contributed by atoms with E-state index in [0.717, 1.165) is 0 Å². The fourth-order valence-corrected chi connectivity index (χ4v) is 4.08. The summed E-state index contributed by atoms with van der Waals surface area (Å²) in [6.45, 7) is 9.41. The Labute approximate surface area is 128 Å². The van der Waals surface area contributed by atoms with Crippen molar-refractivity contribution in [2.75, 3.05) is 6.61 Å². The van der Waals surface area contributed by atoms with Gasteiger partial charge in [0.05, 0.1) is 11.9 Å². The fraction of sp³-hybridized carbons (Fsp3) is 0.929. The standard InChI is InChI=1S/C14H22O6S/c1-7(15)21-11-9(8-6-16-13(2,3)18-8)17-12-10(11)19-14(4,5)20-12/h8-12H,6H2,1-5H3/t8-,9-,10-,11+,12-/m1/s1. The zero-order valence-corrected chi connectivity index (χ0v) is 13.8. The number of fused-ring (bicyclic) bond motifs is 1. The van der Waals surface area contributed by atoms with Crippen molar-refractivity contribution in [2.45, 2.75) is 76.0 Å². The van der Waals surface area contributed by atoms with Crippen molar-refractivity contribution in [1.29, 1.82) is 0 Å². The molecule has 0 aromatic heterocycles. The molecule has 0 N–H and O–H groups in total. The van der Waals surface area contributed by atoms with Crippen LogP contribution in [0.2, 0.25) is 0 Å². The van der Waals surface area contributed by atoms with Crippen LogP contribution in [0.25, 0.3) is 0 Å². The highest BCUT2D eigenvalue weighted by Crippen LogP contribution is 2.45. The summed E-state index contributed by atoms with van der Waals surface area (Å²) < 4.78 is 29.1. The van der Waals surface area contributed by atoms with E-state index in [2.05, 4.69) is 0 Å². The summed E-state index contributed by atoms with van der Waals surface area (Å²) >= 11 is 1.23. The summed E-state index contributed by atoms with van der Waals surface area (Å²) in [5, 5.41) is -0.127. The molecule has 0 unspecified atom stereocenters. The fourth-order valence-electron chi connectivity index (χ4n) is 3.01. The molecule has 0 spiro atoms. The Bertz CT molecular complexity index is 437. The van der Waals surface area contributed by atoms with E-state index in [4.69, 9.17) is 23.7 Å². The lowest BCUT2D eigenvalue weighted by Gasteiger charge is -2.28. The van der Waals surface area contributed by atoms with Gasteiger partial charge >= 0.3 is 0 Å². The third-order valence-electron chi connectivity index (χ3n) is 3.73. The van der Waals surface area contributed by atoms with E-state index in [1.165, 1.54) is 11.8 Å². The molecule has 7 heteroatoms. The van der Waals surface area contributed by atoms with Crippen LogP contribution >= 0.6 is 11.8 Å². The van der Waals surface area contributed by atoms with Gasteiger partial charge in [-0.15, -0.1) is 0 Å². The van der Waals surface area contributed by atoms with Gasteiger partial charge in [0.15, 0.2) is 23.0 Å². The topological polar surface area (TPSA) is 63.2 Å². The molecule has 3 heterocycles. The molecule has 5 atom stereocenters. The van der Waals surface area contributed by atoms with Gasteiger partial charge in [-0.25, -0.2) is 0 Å². The summed E-state index contributed by atoms with van der Waals surface area (Å²) in [5.74, 6) is -1.32. The Hall–Kier alpha value is -0.180. The quantitative estimate of drug-likeness (QED) is 0.767. The minimum absolute atomic E-state index is 0.0285. The number of rotatable bonds is 2. The van der Waals surface area contributed by atoms with Crippen molar-refractivity contribution in [3.8, 4) is 0 Å². The molecule has 0 amide bonds. The van der Waals surface area contributed by atoms with Crippen LogP contribution in [0.3, 0.4) is 0 Å². The molecule has 21 heavy (non-hydrogen) atoms. The molecule has 3 rings (SSSR count). The molecule has 3 saturated heterocycles. The van der Waals surface area contributed by atoms with E-state index < -0.39 is 17.9 Å². The van der Waals surface area contributed by atoms with Crippen LogP contribution in [-0.4, -0.2) is 53.1 Å². The Morgan fingerprint density at radius 1 is 1.05 bits per heavy atom. The normalized spacial score (nSPS) is 44.0. The van der Waals surface area contributed by atoms with Crippen molar-refractivity contribution in [2.24, 2.45) is 0 Å². The Morgan fingerprint density at radius 3 is 2.33 bits per heavy atom. The van der Waals surface area contributed by atoms with Crippen LogP contribution in [-0.2, 0) is 28.5 Å². The first-order valence-electron chi connectivity index (χ1n) is 7.17. The van der Waals surface area contributed by atoms with Crippen molar-refractivity contribution in [3.63, 3.8) is 0 Å². The molecule has 6 nitrogen and oxygen atoms in total. The van der Waals surface area contributed by atoms with Crippen LogP contribution in [0.4, 0.5) is 0 Å². The van der Waals surface area contributed by atoms with Crippen LogP contribution in [0.5, 0.6) is 0 Å². The molecule has 0 aromatic carbocycles. The third-order valence-corrected chi connectivity index (χ3v) is 4.87. The minimum atomic E-state index is -0.692. The average Bonchev–Trinajstić information content (AvgIpc) is 2.90. The van der Waals surface area contributed by atoms with Gasteiger partial charge in [-0.2, -0.15) is 0 Å². The first kappa shape index (κ1) is 15.7. The summed E-state index contributed by atoms with van der Waals surface area (Å²) in [6.07, 6.45) is -1.25. The Kier molecular flexibility index (Phi) is 3.87. The summed E-state index contributed by atoms with van der Waals surface area (Å²) in [6, 6.07) is 0. The van der Waals surface area contributed by atoms with E-state index in [-0.39, 0.29) is 28.7 Å². The van der Waals surface area contributed by atoms with Gasteiger partial charge in [0.25, 0.3) is 0 Å². The number of thioether (sulfide) groups is 1. The molecule has 0 bridgehead atoms. The maximum absolute atomic E-state index is 11.6. The zero-order chi connectivity index (χ0) is 15.4. The van der Waals surface area contributed by atoms with Gasteiger partial charge in [-0.3, -0.25) is 4.79 Å². The van der Waals surface area contributed by atoms with Crippen LogP contribution in [0.1, 0.15) is 34.6 Å². The van der Waals surface area contributed by atoms with Crippen LogP contribution in [0, 0.1) is 0 Å². The van der Waals surface area contributed by atoms with E-state index in [9.17, 15) is 4.79 Å². The van der Waals surface area contributed by atoms with Crippen molar-refractivity contribution in [3.05, 3.63) is 0 Å². The van der Waals surface area contributed by atoms with Gasteiger partial charge in [0, 0.05) is 6.92 Å². The summed E-state index contributed by atoms with van der Waals surface area (Å²) in [5.41, 5.74) is 0. The Balaban J connectivity index is 1.77. The Morgan fingerprint density at radius 2 is 1.76 bits per heavy atom. The van der Waals surface area contributed by atoms with Gasteiger partial charge < -0.3 is 23.7 Å². The maximum Gasteiger partial charge on any atom is 0.188 e. The number of carbonyl (C=O) groups is 1. The lowest BCUT2D eigenvalue weighted by molar-refractivity contribution is -0.219. The van der Waals surface area contributed by atoms with Crippen molar-refractivity contribution in [1.82, 2.24) is 0 Å². The monoisotopic (exact) mass is 318 g/mol. The van der Waals surface area contributed by atoms with Gasteiger partial charge in [0.2, 0.25) is 0 Å². The van der Waals surface area contributed by atoms with Crippen LogP contribution in [0.15, 0.2) is 0 Å². The van der Waals surface area contributed by atoms with E-state index in [1.54, 1.807) is 6.92 Å². The zero-order valence-electron chi connectivity index (χ0n) is 13.0. The number of carbonyl (C=O) groups excluding carboxylic acids is 1. The molecule has 120 valence electrons. The molecule has 0 aliphatic carbocycles. The molecular weight excluding hydrogens is 296 g/mol. The number of hydrogen-bond acceptors (Lipinski definition) is 7. The second-order valence-corrected chi connectivity index (χ2v) is 7.87. The lowest BCUT2D eigenvalue weighted by Crippen LogP contribution is -2.41. The lowest BCUT2D eigenvalue weighted by atomic mass is 10.1. The predicted octanol–water partition coefficient (Wildman–Crippen LogP) is 1.66. The number of hydrogen-bond donors (Lipinski definition) is 0. The predicted molar refractivity (Wildman–Crippen MR) is 75.7 cm³/mol. The average molecular weight is 318 g/mol. The maximum atomic E-state index is 11.6. The highest BCUT2D eigenvalue weighted by atomic mass is 32.2. The van der Waals surface area contributed by atoms with Crippen LogP contribution < -0.4 is 0 Å². The second kappa shape index (κ2) is 5.18. The van der Waals surface area contributed by atoms with Gasteiger partial charge in [-0.05, 0) is 27.7 Å². The molecule has 3 aliphatic heterocycles. The van der Waals surface area contributed by atoms with Crippen molar-refractivity contribution >= 4 is 16.9 Å². The van der Waals surface area contributed by atoms with Gasteiger partial charge in [-0.1, -0.05) is 11.8 Å². The third kappa shape index (κ3) is 3.13. The van der Waals surface area contributed by atoms with E-state index in [0.29, 0.717) is 6.61 Å². The molecule has 0 saturated carbocycles. The second-order valence-electron chi connectivity index (χ2n) is 6.51. The number of ether oxygens (including phenoxy) is 5. The highest BCUT2D eigenvalue weighted by Gasteiger charge is 2.58. The minimum Gasteiger partial charge on any atom is -0.348 e. The molecule has 3 aliphatic rings. The largest absolute Gasteiger partial charge is 0.348 e. The smallest absolute Gasteiger partial charge is 0.188 e. The molecule has 0 aromatic rings. The van der Waals surface area contributed by atoms with Crippen molar-refractivity contribution < 1.29 is 28.5 Å².